The van der Waals surface area contributed by atoms with E-state index in [2.05, 4.69) is 4.98 Å². The number of methoxy groups -OCH3 is 1. The zero-order valence-electron chi connectivity index (χ0n) is 17.4. The number of carbonyl (C=O) groups excluding carboxylic acids is 1. The molecule has 1 amide bonds. The fourth-order valence-corrected chi connectivity index (χ4v) is 4.81. The van der Waals surface area contributed by atoms with Crippen molar-refractivity contribution in [3.63, 3.8) is 0 Å². The highest BCUT2D eigenvalue weighted by Crippen LogP contribution is 2.34. The lowest BCUT2D eigenvalue weighted by Gasteiger charge is -2.28. The second-order valence-corrected chi connectivity index (χ2v) is 8.77. The lowest BCUT2D eigenvalue weighted by atomic mass is 10.0. The number of aromatic nitrogens is 1. The van der Waals surface area contributed by atoms with Gasteiger partial charge in [-0.1, -0.05) is 18.2 Å². The molecule has 0 aliphatic carbocycles. The smallest absolute Gasteiger partial charge is 0.277 e. The van der Waals surface area contributed by atoms with Crippen molar-refractivity contribution < 1.29 is 23.2 Å². The Kier molecular flexibility index (Phi) is 6.57. The second kappa shape index (κ2) is 9.15. The molecule has 1 aromatic heterocycles. The van der Waals surface area contributed by atoms with E-state index < -0.39 is 15.9 Å². The lowest BCUT2D eigenvalue weighted by Crippen LogP contribution is -2.34. The van der Waals surface area contributed by atoms with Crippen molar-refractivity contribution in [2.24, 2.45) is 0 Å². The first-order valence-electron chi connectivity index (χ1n) is 9.40. The van der Waals surface area contributed by atoms with Crippen molar-refractivity contribution in [1.29, 1.82) is 0 Å². The molecular weight excluding hydrogens is 418 g/mol. The van der Waals surface area contributed by atoms with E-state index in [1.54, 1.807) is 68.1 Å². The van der Waals surface area contributed by atoms with Gasteiger partial charge >= 0.3 is 0 Å². The number of sulfonamides is 1. The molecule has 3 rings (SSSR count). The van der Waals surface area contributed by atoms with Crippen LogP contribution in [0.2, 0.25) is 0 Å². The quantitative estimate of drug-likeness (QED) is 0.430. The highest BCUT2D eigenvalue weighted by atomic mass is 32.2. The fraction of sp³-hybridized carbons (Fsp3) is 0.182. The maximum atomic E-state index is 13.7. The normalized spacial score (nSPS) is 11.1. The summed E-state index contributed by atoms with van der Waals surface area (Å²) in [6.07, 6.45) is 3.15. The summed E-state index contributed by atoms with van der Waals surface area (Å²) in [6.45, 7) is 3.33. The van der Waals surface area contributed by atoms with Gasteiger partial charge in [-0.15, -0.1) is 0 Å². The van der Waals surface area contributed by atoms with Crippen molar-refractivity contribution >= 4 is 21.6 Å². The Bertz CT molecular complexity index is 1180. The molecule has 0 saturated heterocycles. The molecule has 0 unspecified atom stereocenters. The number of hydrogen-bond donors (Lipinski definition) is 2. The Morgan fingerprint density at radius 1 is 1.10 bits per heavy atom. The minimum Gasteiger partial charge on any atom is -0.497 e. The number of aryl methyl sites for hydroxylation is 2. The third-order valence-corrected chi connectivity index (χ3v) is 6.62. The van der Waals surface area contributed by atoms with Crippen LogP contribution in [0.15, 0.2) is 65.8 Å². The van der Waals surface area contributed by atoms with Crippen LogP contribution in [0.4, 0.5) is 5.69 Å². The van der Waals surface area contributed by atoms with Crippen LogP contribution in [0.1, 0.15) is 27.0 Å². The van der Waals surface area contributed by atoms with Crippen LogP contribution in [-0.4, -0.2) is 31.6 Å². The fourth-order valence-electron chi connectivity index (χ4n) is 3.28. The van der Waals surface area contributed by atoms with Crippen LogP contribution in [0.3, 0.4) is 0 Å². The van der Waals surface area contributed by atoms with Gasteiger partial charge in [-0.05, 0) is 60.9 Å². The largest absolute Gasteiger partial charge is 0.497 e. The highest BCUT2D eigenvalue weighted by Gasteiger charge is 2.31. The molecule has 0 aliphatic heterocycles. The van der Waals surface area contributed by atoms with E-state index >= 15 is 0 Å². The van der Waals surface area contributed by atoms with Crippen LogP contribution in [0.5, 0.6) is 5.75 Å². The van der Waals surface area contributed by atoms with Gasteiger partial charge < -0.3 is 4.74 Å². The van der Waals surface area contributed by atoms with Crippen LogP contribution < -0.4 is 14.5 Å². The average molecular weight is 442 g/mol. The molecule has 0 spiro atoms. The first kappa shape index (κ1) is 22.3. The van der Waals surface area contributed by atoms with Crippen LogP contribution in [-0.2, 0) is 16.6 Å². The molecule has 8 nitrogen and oxygen atoms in total. The lowest BCUT2D eigenvalue weighted by molar-refractivity contribution is 0.0706. The predicted molar refractivity (Wildman–Crippen MR) is 116 cm³/mol. The van der Waals surface area contributed by atoms with Gasteiger partial charge in [-0.2, -0.15) is 0 Å². The van der Waals surface area contributed by atoms with Gasteiger partial charge in [0.1, 0.15) is 5.75 Å². The van der Waals surface area contributed by atoms with Crippen molar-refractivity contribution in [3.05, 3.63) is 83.2 Å². The SMILES string of the molecule is COc1ccc(S(=O)(=O)N(Cc2cccnc2)c2c(C)ccc(C)c2C(=O)NO)cc1. The molecule has 2 N–H and O–H groups in total. The van der Waals surface area contributed by atoms with E-state index in [4.69, 9.17) is 4.74 Å². The van der Waals surface area contributed by atoms with Gasteiger partial charge in [0.25, 0.3) is 15.9 Å². The Hall–Kier alpha value is -3.43. The van der Waals surface area contributed by atoms with E-state index in [0.717, 1.165) is 0 Å². The van der Waals surface area contributed by atoms with Crippen LogP contribution >= 0.6 is 0 Å². The zero-order valence-corrected chi connectivity index (χ0v) is 18.2. The molecule has 0 fully saturated rings. The van der Waals surface area contributed by atoms with Crippen molar-refractivity contribution in [2.45, 2.75) is 25.3 Å². The molecule has 9 heteroatoms. The van der Waals surface area contributed by atoms with Crippen molar-refractivity contribution in [1.82, 2.24) is 10.5 Å². The van der Waals surface area contributed by atoms with Crippen molar-refractivity contribution in [2.75, 3.05) is 11.4 Å². The van der Waals surface area contributed by atoms with Crippen molar-refractivity contribution in [3.8, 4) is 5.75 Å². The number of ether oxygens (including phenoxy) is 1. The van der Waals surface area contributed by atoms with E-state index in [-0.39, 0.29) is 22.7 Å². The first-order chi connectivity index (χ1) is 14.8. The minimum atomic E-state index is -4.09. The molecule has 0 aliphatic rings. The van der Waals surface area contributed by atoms with E-state index in [1.807, 2.05) is 0 Å². The van der Waals surface area contributed by atoms with Crippen LogP contribution in [0, 0.1) is 13.8 Å². The second-order valence-electron chi connectivity index (χ2n) is 6.91. The summed E-state index contributed by atoms with van der Waals surface area (Å²) < 4.78 is 33.8. The Labute approximate surface area is 181 Å². The van der Waals surface area contributed by atoms with Crippen LogP contribution in [0.25, 0.3) is 0 Å². The van der Waals surface area contributed by atoms with E-state index in [0.29, 0.717) is 22.4 Å². The zero-order chi connectivity index (χ0) is 22.6. The van der Waals surface area contributed by atoms with Gasteiger partial charge in [0.2, 0.25) is 0 Å². The summed E-state index contributed by atoms with van der Waals surface area (Å²) in [7, 11) is -2.60. The minimum absolute atomic E-state index is 0.0356. The standard InChI is InChI=1S/C22H23N3O5S/c1-15-6-7-16(2)21(20(15)22(26)24-27)25(14-17-5-4-12-23-13-17)31(28,29)19-10-8-18(30-3)9-11-19/h4-13,27H,14H2,1-3H3,(H,24,26). The molecule has 31 heavy (non-hydrogen) atoms. The summed E-state index contributed by atoms with van der Waals surface area (Å²) in [5.41, 5.74) is 3.60. The number of hydroxylamine groups is 1. The maximum Gasteiger partial charge on any atom is 0.277 e. The van der Waals surface area contributed by atoms with E-state index in [1.165, 1.54) is 23.5 Å². The predicted octanol–water partition coefficient (Wildman–Crippen LogP) is 3.22. The number of anilines is 1. The third kappa shape index (κ3) is 4.52. The molecule has 2 aromatic carbocycles. The average Bonchev–Trinajstić information content (AvgIpc) is 2.79. The molecule has 0 bridgehead atoms. The number of pyridine rings is 1. The molecule has 0 radical (unpaired) electrons. The summed E-state index contributed by atoms with van der Waals surface area (Å²) in [6, 6.07) is 12.9. The number of benzene rings is 2. The summed E-state index contributed by atoms with van der Waals surface area (Å²) in [5.74, 6) is -0.276. The molecule has 0 saturated carbocycles. The number of nitrogens with zero attached hydrogens (tertiary/aromatic N) is 2. The topological polar surface area (TPSA) is 109 Å². The number of carbonyl (C=O) groups is 1. The van der Waals surface area contributed by atoms with Gasteiger partial charge in [0.05, 0.1) is 29.8 Å². The monoisotopic (exact) mass is 441 g/mol. The molecule has 162 valence electrons. The Morgan fingerprint density at radius 3 is 2.35 bits per heavy atom. The van der Waals surface area contributed by atoms with Gasteiger partial charge in [0, 0.05) is 12.4 Å². The number of amides is 1. The highest BCUT2D eigenvalue weighted by molar-refractivity contribution is 7.92. The summed E-state index contributed by atoms with van der Waals surface area (Å²) in [4.78, 5) is 16.6. The number of nitrogens with one attached hydrogen (secondary N) is 1. The van der Waals surface area contributed by atoms with Gasteiger partial charge in [-0.25, -0.2) is 13.9 Å². The maximum absolute atomic E-state index is 13.7. The van der Waals surface area contributed by atoms with E-state index in [9.17, 15) is 18.4 Å². The number of rotatable bonds is 7. The molecular formula is C22H23N3O5S. The summed E-state index contributed by atoms with van der Waals surface area (Å²) >= 11 is 0. The number of hydrogen-bond acceptors (Lipinski definition) is 6. The van der Waals surface area contributed by atoms with Gasteiger partial charge in [-0.3, -0.25) is 19.3 Å². The third-order valence-electron chi connectivity index (χ3n) is 4.86. The Morgan fingerprint density at radius 2 is 1.77 bits per heavy atom. The molecule has 0 atom stereocenters. The molecule has 1 heterocycles. The molecule has 3 aromatic rings. The summed E-state index contributed by atoms with van der Waals surface area (Å²) in [5, 5.41) is 9.29. The Balaban J connectivity index is 2.25. The van der Waals surface area contributed by atoms with Gasteiger partial charge in [0.15, 0.2) is 0 Å². The first-order valence-corrected chi connectivity index (χ1v) is 10.8.